The summed E-state index contributed by atoms with van der Waals surface area (Å²) in [5.41, 5.74) is 11.6. The van der Waals surface area contributed by atoms with E-state index >= 15 is 0 Å². The highest BCUT2D eigenvalue weighted by molar-refractivity contribution is 5.01. The standard InChI is InChI=1S/C6H14N2/c1-6(2)3-4(7)5(6)8/h4-5H,3,7-8H2,1-2H3. The van der Waals surface area contributed by atoms with Crippen molar-refractivity contribution in [3.05, 3.63) is 0 Å². The average Bonchev–Trinajstić information content (AvgIpc) is 1.65. The van der Waals surface area contributed by atoms with Crippen molar-refractivity contribution in [3.63, 3.8) is 0 Å². The molecule has 0 aromatic carbocycles. The van der Waals surface area contributed by atoms with Crippen molar-refractivity contribution in [1.29, 1.82) is 0 Å². The summed E-state index contributed by atoms with van der Waals surface area (Å²) in [6, 6.07) is 0.479. The van der Waals surface area contributed by atoms with Crippen LogP contribution in [0.4, 0.5) is 0 Å². The van der Waals surface area contributed by atoms with Gasteiger partial charge in [0, 0.05) is 12.1 Å². The van der Waals surface area contributed by atoms with Crippen LogP contribution in [0.3, 0.4) is 0 Å². The van der Waals surface area contributed by atoms with Gasteiger partial charge >= 0.3 is 0 Å². The molecule has 0 radical (unpaired) electrons. The summed E-state index contributed by atoms with van der Waals surface area (Å²) in [6.45, 7) is 4.31. The van der Waals surface area contributed by atoms with Gasteiger partial charge in [0.1, 0.15) is 0 Å². The Balaban J connectivity index is 2.47. The summed E-state index contributed by atoms with van der Waals surface area (Å²) >= 11 is 0. The summed E-state index contributed by atoms with van der Waals surface area (Å²) in [7, 11) is 0. The zero-order valence-electron chi connectivity index (χ0n) is 5.52. The first-order valence-electron chi connectivity index (χ1n) is 3.05. The van der Waals surface area contributed by atoms with Gasteiger partial charge in [0.2, 0.25) is 0 Å². The Labute approximate surface area is 50.2 Å². The van der Waals surface area contributed by atoms with E-state index in [1.165, 1.54) is 0 Å². The second kappa shape index (κ2) is 1.45. The highest BCUT2D eigenvalue weighted by Crippen LogP contribution is 2.37. The third-order valence-electron chi connectivity index (χ3n) is 2.13. The summed E-state index contributed by atoms with van der Waals surface area (Å²) in [6.07, 6.45) is 1.08. The second-order valence-electron chi connectivity index (χ2n) is 3.38. The van der Waals surface area contributed by atoms with Crippen molar-refractivity contribution in [3.8, 4) is 0 Å². The minimum atomic E-state index is 0.225. The normalized spacial score (nSPS) is 43.5. The van der Waals surface area contributed by atoms with E-state index in [0.29, 0.717) is 5.41 Å². The molecule has 1 rings (SSSR count). The molecule has 1 aliphatic rings. The van der Waals surface area contributed by atoms with Crippen LogP contribution in [-0.4, -0.2) is 12.1 Å². The fraction of sp³-hybridized carbons (Fsp3) is 1.00. The van der Waals surface area contributed by atoms with E-state index in [-0.39, 0.29) is 12.1 Å². The van der Waals surface area contributed by atoms with Crippen molar-refractivity contribution in [1.82, 2.24) is 0 Å². The minimum Gasteiger partial charge on any atom is -0.326 e. The Morgan fingerprint density at radius 2 is 1.88 bits per heavy atom. The number of hydrogen-bond donors (Lipinski definition) is 2. The van der Waals surface area contributed by atoms with Crippen molar-refractivity contribution < 1.29 is 0 Å². The molecule has 0 heterocycles. The highest BCUT2D eigenvalue weighted by Gasteiger charge is 2.42. The first-order valence-corrected chi connectivity index (χ1v) is 3.05. The number of nitrogens with two attached hydrogens (primary N) is 2. The van der Waals surface area contributed by atoms with Crippen LogP contribution in [0.5, 0.6) is 0 Å². The summed E-state index contributed by atoms with van der Waals surface area (Å²) in [4.78, 5) is 0. The molecule has 1 aliphatic carbocycles. The zero-order valence-corrected chi connectivity index (χ0v) is 5.52. The van der Waals surface area contributed by atoms with Crippen LogP contribution in [0.15, 0.2) is 0 Å². The molecule has 1 fully saturated rings. The minimum absolute atomic E-state index is 0.225. The maximum absolute atomic E-state index is 5.67. The average molecular weight is 114 g/mol. The predicted octanol–water partition coefficient (Wildman–Crippen LogP) is 0.0709. The highest BCUT2D eigenvalue weighted by atomic mass is 14.9. The van der Waals surface area contributed by atoms with E-state index in [2.05, 4.69) is 13.8 Å². The van der Waals surface area contributed by atoms with E-state index in [4.69, 9.17) is 11.5 Å². The van der Waals surface area contributed by atoms with E-state index in [1.54, 1.807) is 0 Å². The Kier molecular flexibility index (Phi) is 1.10. The van der Waals surface area contributed by atoms with E-state index in [1.807, 2.05) is 0 Å². The van der Waals surface area contributed by atoms with Gasteiger partial charge < -0.3 is 11.5 Å². The lowest BCUT2D eigenvalue weighted by atomic mass is 9.64. The lowest BCUT2D eigenvalue weighted by Gasteiger charge is -2.47. The molecule has 0 bridgehead atoms. The van der Waals surface area contributed by atoms with E-state index < -0.39 is 0 Å². The molecule has 0 aromatic heterocycles. The smallest absolute Gasteiger partial charge is 0.0245 e. The van der Waals surface area contributed by atoms with Gasteiger partial charge in [-0.15, -0.1) is 0 Å². The topological polar surface area (TPSA) is 52.0 Å². The molecular formula is C6H14N2. The molecule has 0 amide bonds. The predicted molar refractivity (Wildman–Crippen MR) is 34.3 cm³/mol. The molecule has 0 spiro atoms. The molecule has 2 unspecified atom stereocenters. The molecule has 2 nitrogen and oxygen atoms in total. The molecular weight excluding hydrogens is 100 g/mol. The van der Waals surface area contributed by atoms with Gasteiger partial charge in [-0.3, -0.25) is 0 Å². The van der Waals surface area contributed by atoms with Crippen molar-refractivity contribution in [2.45, 2.75) is 32.4 Å². The van der Waals surface area contributed by atoms with Crippen LogP contribution < -0.4 is 11.5 Å². The second-order valence-corrected chi connectivity index (χ2v) is 3.38. The molecule has 0 saturated heterocycles. The molecule has 0 aromatic rings. The van der Waals surface area contributed by atoms with Crippen LogP contribution in [0.25, 0.3) is 0 Å². The van der Waals surface area contributed by atoms with Gasteiger partial charge in [0.05, 0.1) is 0 Å². The van der Waals surface area contributed by atoms with Gasteiger partial charge in [-0.2, -0.15) is 0 Å². The Hall–Kier alpha value is -0.0800. The van der Waals surface area contributed by atoms with E-state index in [0.717, 1.165) is 6.42 Å². The summed E-state index contributed by atoms with van der Waals surface area (Å²) in [5, 5.41) is 0. The first kappa shape index (κ1) is 6.05. The van der Waals surface area contributed by atoms with Crippen molar-refractivity contribution in [2.24, 2.45) is 16.9 Å². The quantitative estimate of drug-likeness (QED) is 0.468. The Bertz CT molecular complexity index is 98.7. The Morgan fingerprint density at radius 3 is 1.88 bits per heavy atom. The van der Waals surface area contributed by atoms with Crippen molar-refractivity contribution >= 4 is 0 Å². The molecule has 0 aliphatic heterocycles. The Morgan fingerprint density at radius 1 is 1.38 bits per heavy atom. The molecule has 48 valence electrons. The maximum Gasteiger partial charge on any atom is 0.0245 e. The van der Waals surface area contributed by atoms with Gasteiger partial charge in [0.25, 0.3) is 0 Å². The molecule has 2 heteroatoms. The van der Waals surface area contributed by atoms with E-state index in [9.17, 15) is 0 Å². The summed E-state index contributed by atoms with van der Waals surface area (Å²) in [5.74, 6) is 0. The molecule has 1 saturated carbocycles. The first-order chi connectivity index (χ1) is 3.54. The van der Waals surface area contributed by atoms with Crippen LogP contribution >= 0.6 is 0 Å². The molecule has 4 N–H and O–H groups in total. The van der Waals surface area contributed by atoms with Crippen LogP contribution in [0, 0.1) is 5.41 Å². The van der Waals surface area contributed by atoms with Crippen LogP contribution in [0.2, 0.25) is 0 Å². The van der Waals surface area contributed by atoms with Crippen LogP contribution in [-0.2, 0) is 0 Å². The fourth-order valence-electron chi connectivity index (χ4n) is 1.29. The lowest BCUT2D eigenvalue weighted by molar-refractivity contribution is 0.110. The van der Waals surface area contributed by atoms with Crippen molar-refractivity contribution in [2.75, 3.05) is 0 Å². The zero-order chi connectivity index (χ0) is 6.36. The summed E-state index contributed by atoms with van der Waals surface area (Å²) < 4.78 is 0. The van der Waals surface area contributed by atoms with Gasteiger partial charge in [-0.05, 0) is 11.8 Å². The maximum atomic E-state index is 5.67. The third kappa shape index (κ3) is 0.644. The molecule has 8 heavy (non-hydrogen) atoms. The van der Waals surface area contributed by atoms with Crippen LogP contribution in [0.1, 0.15) is 20.3 Å². The van der Waals surface area contributed by atoms with Gasteiger partial charge in [-0.1, -0.05) is 13.8 Å². The molecule has 2 atom stereocenters. The monoisotopic (exact) mass is 114 g/mol. The van der Waals surface area contributed by atoms with Gasteiger partial charge in [-0.25, -0.2) is 0 Å². The number of hydrogen-bond acceptors (Lipinski definition) is 2. The lowest BCUT2D eigenvalue weighted by Crippen LogP contribution is -2.62. The largest absolute Gasteiger partial charge is 0.326 e. The fourth-order valence-corrected chi connectivity index (χ4v) is 1.29. The SMILES string of the molecule is CC1(C)CC(N)C1N. The third-order valence-corrected chi connectivity index (χ3v) is 2.13. The number of rotatable bonds is 0. The van der Waals surface area contributed by atoms with Gasteiger partial charge in [0.15, 0.2) is 0 Å².